The third kappa shape index (κ3) is 3.88. The number of aromatic hydroxyl groups is 1. The number of hydrogen-bond donors (Lipinski definition) is 3. The molecule has 1 atom stereocenters. The van der Waals surface area contributed by atoms with E-state index in [0.717, 1.165) is 5.56 Å². The minimum absolute atomic E-state index is 0.0164. The maximum Gasteiger partial charge on any atom is 0.338 e. The molecule has 0 unspecified atom stereocenters. The highest BCUT2D eigenvalue weighted by Crippen LogP contribution is 2.35. The second kappa shape index (κ2) is 8.09. The topological polar surface area (TPSA) is 79.8 Å². The molecule has 0 fully saturated rings. The minimum Gasteiger partial charge on any atom is -0.504 e. The van der Waals surface area contributed by atoms with Crippen LogP contribution in [0.3, 0.4) is 0 Å². The van der Waals surface area contributed by atoms with Crippen LogP contribution in [0.2, 0.25) is 0 Å². The van der Waals surface area contributed by atoms with Crippen molar-refractivity contribution in [3.05, 3.63) is 65.2 Å². The zero-order chi connectivity index (χ0) is 19.4. The summed E-state index contributed by atoms with van der Waals surface area (Å²) in [7, 11) is 1.47. The van der Waals surface area contributed by atoms with Gasteiger partial charge in [0.1, 0.15) is 0 Å². The fourth-order valence-corrected chi connectivity index (χ4v) is 3.17. The number of ether oxygens (including phenoxy) is 2. The van der Waals surface area contributed by atoms with E-state index in [1.807, 2.05) is 30.3 Å². The Labute approximate surface area is 162 Å². The lowest BCUT2D eigenvalue weighted by molar-refractivity contribution is -0.138. The smallest absolute Gasteiger partial charge is 0.338 e. The Hall–Kier alpha value is -3.06. The van der Waals surface area contributed by atoms with Crippen molar-refractivity contribution in [1.29, 1.82) is 0 Å². The Morgan fingerprint density at radius 3 is 2.63 bits per heavy atom. The SMILES string of the molecule is CCOC(=O)C1=C(c2ccccc2)NC(=S)N[C@@H]1c1ccc(O)c(OC)c1. The first-order chi connectivity index (χ1) is 13.0. The van der Waals surface area contributed by atoms with Crippen LogP contribution < -0.4 is 15.4 Å². The number of hydrogen-bond acceptors (Lipinski definition) is 5. The van der Waals surface area contributed by atoms with Gasteiger partial charge in [-0.05, 0) is 42.4 Å². The largest absolute Gasteiger partial charge is 0.504 e. The number of nitrogens with one attached hydrogen (secondary N) is 2. The lowest BCUT2D eigenvalue weighted by atomic mass is 9.92. The van der Waals surface area contributed by atoms with Crippen LogP contribution in [0, 0.1) is 0 Å². The van der Waals surface area contributed by atoms with Crippen LogP contribution in [-0.2, 0) is 9.53 Å². The molecule has 0 spiro atoms. The van der Waals surface area contributed by atoms with Crippen molar-refractivity contribution in [3.8, 4) is 11.5 Å². The highest BCUT2D eigenvalue weighted by molar-refractivity contribution is 7.80. The molecular formula is C20H20N2O4S. The molecule has 1 aliphatic heterocycles. The third-order valence-electron chi connectivity index (χ3n) is 4.17. The number of carbonyl (C=O) groups is 1. The first kappa shape index (κ1) is 18.7. The molecule has 0 aromatic heterocycles. The molecule has 0 saturated carbocycles. The van der Waals surface area contributed by atoms with Gasteiger partial charge in [0.25, 0.3) is 0 Å². The summed E-state index contributed by atoms with van der Waals surface area (Å²) in [6.07, 6.45) is 0. The normalized spacial score (nSPS) is 16.4. The monoisotopic (exact) mass is 384 g/mol. The highest BCUT2D eigenvalue weighted by Gasteiger charge is 2.33. The number of methoxy groups -OCH3 is 1. The molecule has 0 aliphatic carbocycles. The summed E-state index contributed by atoms with van der Waals surface area (Å²) in [5.74, 6) is -0.123. The Bertz CT molecular complexity index is 896. The average Bonchev–Trinajstić information content (AvgIpc) is 2.68. The van der Waals surface area contributed by atoms with Crippen molar-refractivity contribution >= 4 is 29.0 Å². The van der Waals surface area contributed by atoms with Crippen LogP contribution in [0.25, 0.3) is 5.70 Å². The number of thiocarbonyl (C=S) groups is 1. The summed E-state index contributed by atoms with van der Waals surface area (Å²) < 4.78 is 10.5. The first-order valence-corrected chi connectivity index (χ1v) is 8.87. The van der Waals surface area contributed by atoms with Gasteiger partial charge in [0, 0.05) is 0 Å². The molecule has 1 heterocycles. The van der Waals surface area contributed by atoms with Crippen molar-refractivity contribution in [2.24, 2.45) is 0 Å². The molecule has 0 bridgehead atoms. The summed E-state index contributed by atoms with van der Waals surface area (Å²) in [5.41, 5.74) is 2.53. The maximum atomic E-state index is 12.8. The van der Waals surface area contributed by atoms with E-state index < -0.39 is 12.0 Å². The zero-order valence-electron chi connectivity index (χ0n) is 15.0. The molecule has 3 N–H and O–H groups in total. The molecule has 0 amide bonds. The van der Waals surface area contributed by atoms with Crippen LogP contribution in [0.5, 0.6) is 11.5 Å². The number of phenols is 1. The van der Waals surface area contributed by atoms with Gasteiger partial charge in [0.2, 0.25) is 0 Å². The fourth-order valence-electron chi connectivity index (χ4n) is 2.95. The Morgan fingerprint density at radius 2 is 1.96 bits per heavy atom. The van der Waals surface area contributed by atoms with Gasteiger partial charge in [-0.15, -0.1) is 0 Å². The summed E-state index contributed by atoms with van der Waals surface area (Å²) in [5, 5.41) is 16.5. The van der Waals surface area contributed by atoms with Gasteiger partial charge in [0.15, 0.2) is 16.6 Å². The minimum atomic E-state index is -0.553. The molecule has 0 radical (unpaired) electrons. The number of esters is 1. The molecule has 6 nitrogen and oxygen atoms in total. The van der Waals surface area contributed by atoms with Crippen molar-refractivity contribution in [1.82, 2.24) is 10.6 Å². The van der Waals surface area contributed by atoms with Gasteiger partial charge >= 0.3 is 5.97 Å². The number of phenolic OH excluding ortho intramolecular Hbond substituents is 1. The van der Waals surface area contributed by atoms with Crippen LogP contribution in [-0.4, -0.2) is 29.9 Å². The van der Waals surface area contributed by atoms with Crippen LogP contribution in [0.1, 0.15) is 24.1 Å². The van der Waals surface area contributed by atoms with Gasteiger partial charge < -0.3 is 25.2 Å². The predicted molar refractivity (Wildman–Crippen MR) is 106 cm³/mol. The van der Waals surface area contributed by atoms with E-state index in [1.165, 1.54) is 13.2 Å². The fraction of sp³-hybridized carbons (Fsp3) is 0.200. The van der Waals surface area contributed by atoms with E-state index in [1.54, 1.807) is 19.1 Å². The lowest BCUT2D eigenvalue weighted by Crippen LogP contribution is -2.45. The van der Waals surface area contributed by atoms with Crippen LogP contribution in [0.4, 0.5) is 0 Å². The van der Waals surface area contributed by atoms with Gasteiger partial charge in [-0.25, -0.2) is 4.79 Å². The van der Waals surface area contributed by atoms with Crippen molar-refractivity contribution in [2.75, 3.05) is 13.7 Å². The van der Waals surface area contributed by atoms with Gasteiger partial charge in [-0.3, -0.25) is 0 Å². The van der Waals surface area contributed by atoms with Crippen molar-refractivity contribution in [2.45, 2.75) is 13.0 Å². The second-order valence-electron chi connectivity index (χ2n) is 5.84. The van der Waals surface area contributed by atoms with Gasteiger partial charge in [0.05, 0.1) is 31.0 Å². The molecule has 1 aliphatic rings. The number of carbonyl (C=O) groups excluding carboxylic acids is 1. The zero-order valence-corrected chi connectivity index (χ0v) is 15.8. The van der Waals surface area contributed by atoms with E-state index in [9.17, 15) is 9.90 Å². The first-order valence-electron chi connectivity index (χ1n) is 8.46. The summed E-state index contributed by atoms with van der Waals surface area (Å²) in [6.45, 7) is 2.01. The molecule has 3 rings (SSSR count). The molecule has 27 heavy (non-hydrogen) atoms. The summed E-state index contributed by atoms with van der Waals surface area (Å²) in [6, 6.07) is 13.8. The maximum absolute atomic E-state index is 12.8. The van der Waals surface area contributed by atoms with E-state index in [0.29, 0.717) is 27.7 Å². The summed E-state index contributed by atoms with van der Waals surface area (Å²) in [4.78, 5) is 12.8. The molecule has 2 aromatic carbocycles. The predicted octanol–water partition coefficient (Wildman–Crippen LogP) is 2.89. The quantitative estimate of drug-likeness (QED) is 0.540. The summed E-state index contributed by atoms with van der Waals surface area (Å²) >= 11 is 5.36. The molecular weight excluding hydrogens is 364 g/mol. The average molecular weight is 384 g/mol. The van der Waals surface area contributed by atoms with Crippen molar-refractivity contribution < 1.29 is 19.4 Å². The molecule has 0 saturated heterocycles. The van der Waals surface area contributed by atoms with E-state index >= 15 is 0 Å². The van der Waals surface area contributed by atoms with Crippen LogP contribution in [0.15, 0.2) is 54.1 Å². The molecule has 7 heteroatoms. The molecule has 2 aromatic rings. The van der Waals surface area contributed by atoms with Crippen LogP contribution >= 0.6 is 12.2 Å². The van der Waals surface area contributed by atoms with E-state index in [4.69, 9.17) is 21.7 Å². The van der Waals surface area contributed by atoms with Gasteiger partial charge in [-0.1, -0.05) is 36.4 Å². The van der Waals surface area contributed by atoms with E-state index in [2.05, 4.69) is 10.6 Å². The van der Waals surface area contributed by atoms with Crippen molar-refractivity contribution in [3.63, 3.8) is 0 Å². The Morgan fingerprint density at radius 1 is 1.22 bits per heavy atom. The highest BCUT2D eigenvalue weighted by atomic mass is 32.1. The lowest BCUT2D eigenvalue weighted by Gasteiger charge is -2.31. The second-order valence-corrected chi connectivity index (χ2v) is 6.25. The van der Waals surface area contributed by atoms with E-state index in [-0.39, 0.29) is 12.4 Å². The molecule has 140 valence electrons. The third-order valence-corrected chi connectivity index (χ3v) is 4.39. The number of rotatable bonds is 5. The number of benzene rings is 2. The Balaban J connectivity index is 2.18. The Kier molecular flexibility index (Phi) is 5.61. The standard InChI is InChI=1S/C20H20N2O4S/c1-3-26-19(24)16-17(12-7-5-4-6-8-12)21-20(27)22-18(16)13-9-10-14(23)15(11-13)25-2/h4-11,18,23H,3H2,1-2H3,(H2,21,22,27)/t18-/m1/s1. The van der Waals surface area contributed by atoms with Gasteiger partial charge in [-0.2, -0.15) is 0 Å².